The molecule has 0 spiro atoms. The Morgan fingerprint density at radius 2 is 2.30 bits per heavy atom. The van der Waals surface area contributed by atoms with Gasteiger partial charge in [0.1, 0.15) is 5.52 Å². The lowest BCUT2D eigenvalue weighted by Gasteiger charge is -2.25. The van der Waals surface area contributed by atoms with Crippen molar-refractivity contribution in [2.45, 2.75) is 32.6 Å². The molecule has 20 heavy (non-hydrogen) atoms. The molecule has 1 heterocycles. The molecular formula is C15H17ClN2OS. The fourth-order valence-electron chi connectivity index (χ4n) is 2.85. The molecule has 2 aromatic rings. The summed E-state index contributed by atoms with van der Waals surface area (Å²) in [5, 5.41) is 4.24. The second kappa shape index (κ2) is 5.70. The molecule has 1 fully saturated rings. The molecule has 106 valence electrons. The van der Waals surface area contributed by atoms with E-state index in [9.17, 15) is 4.79 Å². The Morgan fingerprint density at radius 1 is 1.45 bits per heavy atom. The van der Waals surface area contributed by atoms with Crippen molar-refractivity contribution in [1.29, 1.82) is 0 Å². The maximum Gasteiger partial charge on any atom is 0.229 e. The minimum absolute atomic E-state index is 0.103. The van der Waals surface area contributed by atoms with Crippen molar-refractivity contribution in [3.8, 4) is 0 Å². The highest BCUT2D eigenvalue weighted by molar-refractivity contribution is 7.22. The summed E-state index contributed by atoms with van der Waals surface area (Å²) >= 11 is 7.58. The highest BCUT2D eigenvalue weighted by Crippen LogP contribution is 2.33. The molecule has 1 aromatic carbocycles. The lowest BCUT2D eigenvalue weighted by Crippen LogP contribution is -2.27. The summed E-state index contributed by atoms with van der Waals surface area (Å²) in [5.41, 5.74) is 0.770. The van der Waals surface area contributed by atoms with Crippen LogP contribution in [0.1, 0.15) is 32.6 Å². The first-order chi connectivity index (χ1) is 9.63. The van der Waals surface area contributed by atoms with Crippen LogP contribution in [-0.2, 0) is 4.79 Å². The number of halogens is 1. The molecule has 0 aliphatic heterocycles. The van der Waals surface area contributed by atoms with Crippen molar-refractivity contribution in [3.05, 3.63) is 23.2 Å². The zero-order valence-electron chi connectivity index (χ0n) is 11.4. The topological polar surface area (TPSA) is 42.0 Å². The third-order valence-corrected chi connectivity index (χ3v) is 5.15. The molecule has 1 saturated carbocycles. The first kappa shape index (κ1) is 13.8. The molecule has 1 N–H and O–H groups in total. The van der Waals surface area contributed by atoms with Crippen LogP contribution in [0, 0.1) is 11.8 Å². The zero-order valence-corrected chi connectivity index (χ0v) is 12.9. The number of fused-ring (bicyclic) bond motifs is 1. The van der Waals surface area contributed by atoms with Gasteiger partial charge in [-0.2, -0.15) is 0 Å². The molecule has 1 amide bonds. The van der Waals surface area contributed by atoms with Crippen molar-refractivity contribution < 1.29 is 4.79 Å². The molecule has 1 aliphatic carbocycles. The van der Waals surface area contributed by atoms with Crippen molar-refractivity contribution in [1.82, 2.24) is 4.98 Å². The van der Waals surface area contributed by atoms with Crippen LogP contribution in [0.25, 0.3) is 10.2 Å². The van der Waals surface area contributed by atoms with Crippen molar-refractivity contribution >= 4 is 44.2 Å². The number of carbonyl (C=O) groups excluding carboxylic acids is 1. The van der Waals surface area contributed by atoms with Gasteiger partial charge in [-0.3, -0.25) is 4.79 Å². The second-order valence-electron chi connectivity index (χ2n) is 5.56. The SMILES string of the molecule is CC1CCCC(C(=O)Nc2nc3c(Cl)cccc3s2)C1. The first-order valence-electron chi connectivity index (χ1n) is 6.99. The van der Waals surface area contributed by atoms with E-state index < -0.39 is 0 Å². The maximum absolute atomic E-state index is 12.3. The summed E-state index contributed by atoms with van der Waals surface area (Å²) < 4.78 is 1.00. The number of para-hydroxylation sites is 1. The van der Waals surface area contributed by atoms with Gasteiger partial charge in [0, 0.05) is 5.92 Å². The second-order valence-corrected chi connectivity index (χ2v) is 7.00. The van der Waals surface area contributed by atoms with Gasteiger partial charge in [-0.25, -0.2) is 4.98 Å². The van der Waals surface area contributed by atoms with Crippen molar-refractivity contribution in [2.24, 2.45) is 11.8 Å². The predicted octanol–water partition coefficient (Wildman–Crippen LogP) is 4.71. The van der Waals surface area contributed by atoms with E-state index in [-0.39, 0.29) is 11.8 Å². The number of benzene rings is 1. The number of hydrogen-bond acceptors (Lipinski definition) is 3. The third-order valence-electron chi connectivity index (χ3n) is 3.91. The normalized spacial score (nSPS) is 22.9. The molecule has 5 heteroatoms. The van der Waals surface area contributed by atoms with E-state index in [4.69, 9.17) is 11.6 Å². The standard InChI is InChI=1S/C15H17ClN2OS/c1-9-4-2-5-10(8-9)14(19)18-15-17-13-11(16)6-3-7-12(13)20-15/h3,6-7,9-10H,2,4-5,8H2,1H3,(H,17,18,19). The fraction of sp³-hybridized carbons (Fsp3) is 0.467. The van der Waals surface area contributed by atoms with Crippen LogP contribution in [0.4, 0.5) is 5.13 Å². The third kappa shape index (κ3) is 2.81. The largest absolute Gasteiger partial charge is 0.302 e. The lowest BCUT2D eigenvalue weighted by atomic mass is 9.82. The van der Waals surface area contributed by atoms with Crippen LogP contribution < -0.4 is 5.32 Å². The highest BCUT2D eigenvalue weighted by atomic mass is 35.5. The van der Waals surface area contributed by atoms with Gasteiger partial charge in [0.05, 0.1) is 9.72 Å². The molecular weight excluding hydrogens is 292 g/mol. The number of amides is 1. The fourth-order valence-corrected chi connectivity index (χ4v) is 4.02. The Kier molecular flexibility index (Phi) is 3.94. The van der Waals surface area contributed by atoms with E-state index in [1.807, 2.05) is 18.2 Å². The summed E-state index contributed by atoms with van der Waals surface area (Å²) in [5.74, 6) is 0.872. The summed E-state index contributed by atoms with van der Waals surface area (Å²) in [7, 11) is 0. The Balaban J connectivity index is 1.75. The minimum Gasteiger partial charge on any atom is -0.302 e. The first-order valence-corrected chi connectivity index (χ1v) is 8.19. The smallest absolute Gasteiger partial charge is 0.229 e. The molecule has 2 unspecified atom stereocenters. The van der Waals surface area contributed by atoms with Gasteiger partial charge >= 0.3 is 0 Å². The molecule has 1 aliphatic rings. The van der Waals surface area contributed by atoms with E-state index in [2.05, 4.69) is 17.2 Å². The summed E-state index contributed by atoms with van der Waals surface area (Å²) in [6.07, 6.45) is 4.35. The van der Waals surface area contributed by atoms with Gasteiger partial charge in [0.25, 0.3) is 0 Å². The predicted molar refractivity (Wildman–Crippen MR) is 84.4 cm³/mol. The summed E-state index contributed by atoms with van der Waals surface area (Å²) in [6, 6.07) is 5.69. The van der Waals surface area contributed by atoms with Crippen LogP contribution >= 0.6 is 22.9 Å². The van der Waals surface area contributed by atoms with Crippen LogP contribution in [-0.4, -0.2) is 10.9 Å². The van der Waals surface area contributed by atoms with Crippen LogP contribution in [0.3, 0.4) is 0 Å². The summed E-state index contributed by atoms with van der Waals surface area (Å²) in [4.78, 5) is 16.7. The summed E-state index contributed by atoms with van der Waals surface area (Å²) in [6.45, 7) is 2.22. The molecule has 0 bridgehead atoms. The average Bonchev–Trinajstić information content (AvgIpc) is 2.83. The molecule has 0 radical (unpaired) electrons. The zero-order chi connectivity index (χ0) is 14.1. The molecule has 0 saturated heterocycles. The van der Waals surface area contributed by atoms with Crippen molar-refractivity contribution in [2.75, 3.05) is 5.32 Å². The Morgan fingerprint density at radius 3 is 3.05 bits per heavy atom. The quantitative estimate of drug-likeness (QED) is 0.872. The Hall–Kier alpha value is -1.13. The number of thiazole rings is 1. The average molecular weight is 309 g/mol. The van der Waals surface area contributed by atoms with Crippen LogP contribution in [0.15, 0.2) is 18.2 Å². The van der Waals surface area contributed by atoms with Gasteiger partial charge in [-0.05, 0) is 30.9 Å². The van der Waals surface area contributed by atoms with Gasteiger partial charge in [-0.1, -0.05) is 48.8 Å². The van der Waals surface area contributed by atoms with E-state index in [1.165, 1.54) is 17.8 Å². The minimum atomic E-state index is 0.103. The number of nitrogens with one attached hydrogen (secondary N) is 1. The molecule has 3 rings (SSSR count). The molecule has 3 nitrogen and oxygen atoms in total. The molecule has 2 atom stereocenters. The van der Waals surface area contributed by atoms with E-state index in [0.717, 1.165) is 29.5 Å². The van der Waals surface area contributed by atoms with Gasteiger partial charge in [0.15, 0.2) is 5.13 Å². The van der Waals surface area contributed by atoms with Gasteiger partial charge in [-0.15, -0.1) is 0 Å². The Bertz CT molecular complexity index is 640. The maximum atomic E-state index is 12.3. The Labute approximate surface area is 127 Å². The van der Waals surface area contributed by atoms with Crippen molar-refractivity contribution in [3.63, 3.8) is 0 Å². The van der Waals surface area contributed by atoms with E-state index in [1.54, 1.807) is 0 Å². The van der Waals surface area contributed by atoms with Crippen LogP contribution in [0.5, 0.6) is 0 Å². The lowest BCUT2D eigenvalue weighted by molar-refractivity contribution is -0.121. The number of carbonyl (C=O) groups is 1. The van der Waals surface area contributed by atoms with E-state index in [0.29, 0.717) is 16.1 Å². The number of anilines is 1. The van der Waals surface area contributed by atoms with Crippen LogP contribution in [0.2, 0.25) is 5.02 Å². The number of nitrogens with zero attached hydrogens (tertiary/aromatic N) is 1. The molecule has 1 aromatic heterocycles. The number of rotatable bonds is 2. The van der Waals surface area contributed by atoms with Gasteiger partial charge in [0.2, 0.25) is 5.91 Å². The number of hydrogen-bond donors (Lipinski definition) is 1. The van der Waals surface area contributed by atoms with E-state index >= 15 is 0 Å². The number of aromatic nitrogens is 1. The highest BCUT2D eigenvalue weighted by Gasteiger charge is 2.25. The monoisotopic (exact) mass is 308 g/mol. The van der Waals surface area contributed by atoms with Gasteiger partial charge < -0.3 is 5.32 Å².